The lowest BCUT2D eigenvalue weighted by molar-refractivity contribution is -0.0512. The van der Waals surface area contributed by atoms with Crippen LogP contribution in [0.5, 0.6) is 11.5 Å². The first kappa shape index (κ1) is 16.3. The first-order valence-corrected chi connectivity index (χ1v) is 6.96. The molecule has 0 bridgehead atoms. The molecule has 0 aliphatic heterocycles. The number of halogens is 2. The highest BCUT2D eigenvalue weighted by Gasteiger charge is 2.11. The molecule has 0 amide bonds. The number of benzene rings is 1. The molecule has 6 heteroatoms. The summed E-state index contributed by atoms with van der Waals surface area (Å²) in [5.41, 5.74) is 0.888. The van der Waals surface area contributed by atoms with E-state index in [0.717, 1.165) is 17.1 Å². The van der Waals surface area contributed by atoms with Crippen LogP contribution < -0.4 is 14.8 Å². The zero-order valence-electron chi connectivity index (χ0n) is 12.6. The molecule has 120 valence electrons. The number of methoxy groups -OCH3 is 1. The van der Waals surface area contributed by atoms with E-state index in [9.17, 15) is 8.78 Å². The SMILES string of the molecule is COc1ccc(CCNCc2ccc(C)o2)cc1OC(F)F. The van der Waals surface area contributed by atoms with Crippen LogP contribution in [0.4, 0.5) is 8.78 Å². The predicted octanol–water partition coefficient (Wildman–Crippen LogP) is 3.53. The van der Waals surface area contributed by atoms with Gasteiger partial charge in [0, 0.05) is 0 Å². The van der Waals surface area contributed by atoms with Gasteiger partial charge in [-0.1, -0.05) is 6.07 Å². The molecule has 22 heavy (non-hydrogen) atoms. The van der Waals surface area contributed by atoms with Gasteiger partial charge in [0.25, 0.3) is 0 Å². The van der Waals surface area contributed by atoms with Crippen LogP contribution in [0.25, 0.3) is 0 Å². The Hall–Kier alpha value is -2.08. The number of hydrogen-bond acceptors (Lipinski definition) is 4. The zero-order valence-corrected chi connectivity index (χ0v) is 12.6. The Bertz CT molecular complexity index is 599. The average molecular weight is 311 g/mol. The number of nitrogens with one attached hydrogen (secondary N) is 1. The van der Waals surface area contributed by atoms with Crippen molar-refractivity contribution in [2.24, 2.45) is 0 Å². The normalized spacial score (nSPS) is 11.0. The third-order valence-electron chi connectivity index (χ3n) is 3.13. The largest absolute Gasteiger partial charge is 0.493 e. The van der Waals surface area contributed by atoms with Gasteiger partial charge in [0.2, 0.25) is 0 Å². The Kier molecular flexibility index (Phi) is 5.77. The van der Waals surface area contributed by atoms with Crippen LogP contribution in [-0.2, 0) is 13.0 Å². The fourth-order valence-electron chi connectivity index (χ4n) is 2.09. The Morgan fingerprint density at radius 1 is 1.18 bits per heavy atom. The fourth-order valence-corrected chi connectivity index (χ4v) is 2.09. The Morgan fingerprint density at radius 3 is 2.64 bits per heavy atom. The molecule has 0 radical (unpaired) electrons. The molecule has 0 saturated carbocycles. The molecule has 2 aromatic rings. The molecule has 0 spiro atoms. The first-order valence-electron chi connectivity index (χ1n) is 6.96. The van der Waals surface area contributed by atoms with Crippen molar-refractivity contribution in [2.45, 2.75) is 26.5 Å². The highest BCUT2D eigenvalue weighted by Crippen LogP contribution is 2.29. The van der Waals surface area contributed by atoms with E-state index in [0.29, 0.717) is 25.3 Å². The number of rotatable bonds is 8. The van der Waals surface area contributed by atoms with Crippen molar-refractivity contribution in [2.75, 3.05) is 13.7 Å². The van der Waals surface area contributed by atoms with E-state index in [4.69, 9.17) is 9.15 Å². The van der Waals surface area contributed by atoms with E-state index in [2.05, 4.69) is 10.1 Å². The number of furan rings is 1. The minimum Gasteiger partial charge on any atom is -0.493 e. The van der Waals surface area contributed by atoms with Crippen LogP contribution in [0.2, 0.25) is 0 Å². The molecule has 1 aromatic heterocycles. The van der Waals surface area contributed by atoms with E-state index in [1.165, 1.54) is 7.11 Å². The lowest BCUT2D eigenvalue weighted by Crippen LogP contribution is -2.16. The van der Waals surface area contributed by atoms with Gasteiger partial charge in [0.05, 0.1) is 13.7 Å². The second-order valence-electron chi connectivity index (χ2n) is 4.80. The maximum Gasteiger partial charge on any atom is 0.387 e. The van der Waals surface area contributed by atoms with Crippen LogP contribution >= 0.6 is 0 Å². The van der Waals surface area contributed by atoms with Crippen molar-refractivity contribution in [3.05, 3.63) is 47.4 Å². The van der Waals surface area contributed by atoms with E-state index in [1.807, 2.05) is 25.1 Å². The lowest BCUT2D eigenvalue weighted by Gasteiger charge is -2.11. The zero-order chi connectivity index (χ0) is 15.9. The van der Waals surface area contributed by atoms with E-state index >= 15 is 0 Å². The molecular formula is C16H19F2NO3. The second-order valence-corrected chi connectivity index (χ2v) is 4.80. The van der Waals surface area contributed by atoms with Gasteiger partial charge in [0.1, 0.15) is 11.5 Å². The third-order valence-corrected chi connectivity index (χ3v) is 3.13. The highest BCUT2D eigenvalue weighted by atomic mass is 19.3. The summed E-state index contributed by atoms with van der Waals surface area (Å²) in [5.74, 6) is 2.09. The van der Waals surface area contributed by atoms with Crippen molar-refractivity contribution in [1.29, 1.82) is 0 Å². The maximum atomic E-state index is 12.4. The summed E-state index contributed by atoms with van der Waals surface area (Å²) in [4.78, 5) is 0. The van der Waals surface area contributed by atoms with Gasteiger partial charge >= 0.3 is 6.61 Å². The smallest absolute Gasteiger partial charge is 0.387 e. The van der Waals surface area contributed by atoms with Gasteiger partial charge in [0.15, 0.2) is 11.5 Å². The van der Waals surface area contributed by atoms with Gasteiger partial charge < -0.3 is 19.2 Å². The lowest BCUT2D eigenvalue weighted by atomic mass is 10.1. The van der Waals surface area contributed by atoms with Crippen molar-refractivity contribution < 1.29 is 22.7 Å². The van der Waals surface area contributed by atoms with Crippen LogP contribution in [0, 0.1) is 6.92 Å². The van der Waals surface area contributed by atoms with Crippen LogP contribution in [0.3, 0.4) is 0 Å². The summed E-state index contributed by atoms with van der Waals surface area (Å²) in [6.07, 6.45) is 0.684. The Morgan fingerprint density at radius 2 is 2.00 bits per heavy atom. The highest BCUT2D eigenvalue weighted by molar-refractivity contribution is 5.43. The summed E-state index contributed by atoms with van der Waals surface area (Å²) in [6, 6.07) is 8.86. The number of aryl methyl sites for hydroxylation is 1. The number of ether oxygens (including phenoxy) is 2. The minimum absolute atomic E-state index is 0.0525. The quantitative estimate of drug-likeness (QED) is 0.757. The molecule has 0 aliphatic carbocycles. The van der Waals surface area contributed by atoms with E-state index in [1.54, 1.807) is 12.1 Å². The number of hydrogen-bond donors (Lipinski definition) is 1. The molecule has 0 unspecified atom stereocenters. The standard InChI is InChI=1S/C16H19F2NO3/c1-11-3-5-13(21-11)10-19-8-7-12-4-6-14(20-2)15(9-12)22-16(17)18/h3-6,9,16,19H,7-8,10H2,1-2H3. The predicted molar refractivity (Wildman–Crippen MR) is 78.5 cm³/mol. The summed E-state index contributed by atoms with van der Waals surface area (Å²) in [7, 11) is 1.42. The van der Waals surface area contributed by atoms with Gasteiger partial charge in [-0.05, 0) is 49.7 Å². The van der Waals surface area contributed by atoms with Gasteiger partial charge in [-0.2, -0.15) is 8.78 Å². The molecule has 1 heterocycles. The summed E-state index contributed by atoms with van der Waals surface area (Å²) in [6.45, 7) is 0.347. The second kappa shape index (κ2) is 7.79. The molecule has 0 atom stereocenters. The van der Waals surface area contributed by atoms with Crippen molar-refractivity contribution in [1.82, 2.24) is 5.32 Å². The Balaban J connectivity index is 1.86. The fraction of sp³-hybridized carbons (Fsp3) is 0.375. The molecular weight excluding hydrogens is 292 g/mol. The topological polar surface area (TPSA) is 43.6 Å². The summed E-state index contributed by atoms with van der Waals surface area (Å²) < 4.78 is 39.6. The van der Waals surface area contributed by atoms with Crippen LogP contribution in [-0.4, -0.2) is 20.3 Å². The molecule has 0 aliphatic rings. The molecule has 4 nitrogen and oxygen atoms in total. The molecule has 0 saturated heterocycles. The van der Waals surface area contributed by atoms with Gasteiger partial charge in [-0.3, -0.25) is 0 Å². The maximum absolute atomic E-state index is 12.4. The first-order chi connectivity index (χ1) is 10.6. The monoisotopic (exact) mass is 311 g/mol. The van der Waals surface area contributed by atoms with E-state index in [-0.39, 0.29) is 5.75 Å². The molecule has 1 aromatic carbocycles. The molecule has 2 rings (SSSR count). The third kappa shape index (κ3) is 4.73. The van der Waals surface area contributed by atoms with Gasteiger partial charge in [-0.15, -0.1) is 0 Å². The van der Waals surface area contributed by atoms with Crippen LogP contribution in [0.15, 0.2) is 34.7 Å². The molecule has 1 N–H and O–H groups in total. The summed E-state index contributed by atoms with van der Waals surface area (Å²) >= 11 is 0. The van der Waals surface area contributed by atoms with Crippen molar-refractivity contribution in [3.63, 3.8) is 0 Å². The van der Waals surface area contributed by atoms with Crippen molar-refractivity contribution >= 4 is 0 Å². The number of alkyl halides is 2. The minimum atomic E-state index is -2.87. The summed E-state index contributed by atoms with van der Waals surface area (Å²) in [5, 5.41) is 3.24. The average Bonchev–Trinajstić information content (AvgIpc) is 2.89. The molecule has 0 fully saturated rings. The van der Waals surface area contributed by atoms with E-state index < -0.39 is 6.61 Å². The Labute approximate surface area is 128 Å². The van der Waals surface area contributed by atoms with Gasteiger partial charge in [-0.25, -0.2) is 0 Å². The van der Waals surface area contributed by atoms with Crippen molar-refractivity contribution in [3.8, 4) is 11.5 Å². The van der Waals surface area contributed by atoms with Crippen LogP contribution in [0.1, 0.15) is 17.1 Å².